The lowest BCUT2D eigenvalue weighted by atomic mass is 10.0. The summed E-state index contributed by atoms with van der Waals surface area (Å²) in [6.45, 7) is 2.02. The van der Waals surface area contributed by atoms with Crippen LogP contribution in [0.25, 0.3) is 11.3 Å². The summed E-state index contributed by atoms with van der Waals surface area (Å²) >= 11 is 17.8. The van der Waals surface area contributed by atoms with Crippen molar-refractivity contribution in [2.24, 2.45) is 0 Å². The summed E-state index contributed by atoms with van der Waals surface area (Å²) in [5.74, 6) is -0.459. The van der Waals surface area contributed by atoms with E-state index < -0.39 is 5.97 Å². The van der Waals surface area contributed by atoms with Gasteiger partial charge in [-0.25, -0.2) is 4.79 Å². The molecule has 0 saturated heterocycles. The number of imidazole rings is 1. The van der Waals surface area contributed by atoms with E-state index in [1.807, 2.05) is 43.3 Å². The summed E-state index contributed by atoms with van der Waals surface area (Å²) in [5, 5.41) is 0.934. The van der Waals surface area contributed by atoms with E-state index in [4.69, 9.17) is 40.2 Å². The Morgan fingerprint density at radius 3 is 2.48 bits per heavy atom. The van der Waals surface area contributed by atoms with Crippen molar-refractivity contribution in [3.8, 4) is 11.3 Å². The molecule has 2 aromatic carbocycles. The van der Waals surface area contributed by atoms with Gasteiger partial charge in [0.15, 0.2) is 10.5 Å². The molecule has 0 aliphatic carbocycles. The number of hydrogen-bond donors (Lipinski definition) is 1. The van der Waals surface area contributed by atoms with Gasteiger partial charge < -0.3 is 14.3 Å². The van der Waals surface area contributed by atoms with Gasteiger partial charge in [-0.2, -0.15) is 0 Å². The molecule has 1 aromatic heterocycles. The minimum Gasteiger partial charge on any atom is -0.464 e. The molecule has 0 radical (unpaired) electrons. The molecular weight excluding hydrogens is 403 g/mol. The van der Waals surface area contributed by atoms with Crippen LogP contribution < -0.4 is 0 Å². The summed E-state index contributed by atoms with van der Waals surface area (Å²) in [6, 6.07) is 14.8. The third kappa shape index (κ3) is 3.81. The second-order valence-electron chi connectivity index (χ2n) is 5.98. The number of aromatic amines is 1. The molecule has 1 N–H and O–H groups in total. The third-order valence-corrected chi connectivity index (χ3v) is 5.43. The molecule has 27 heavy (non-hydrogen) atoms. The SMILES string of the molecule is CCC(c1ccc(Cl)c(Cl)c1)n1c(C(=O)OC)c(-c2ccccc2)[nH]c1=S. The Hall–Kier alpha value is -2.08. The Labute approximate surface area is 172 Å². The minimum atomic E-state index is -0.459. The van der Waals surface area contributed by atoms with Crippen molar-refractivity contribution < 1.29 is 9.53 Å². The summed E-state index contributed by atoms with van der Waals surface area (Å²) in [6.07, 6.45) is 0.697. The van der Waals surface area contributed by atoms with Gasteiger partial charge in [-0.1, -0.05) is 66.5 Å². The lowest BCUT2D eigenvalue weighted by molar-refractivity contribution is 0.0587. The molecule has 0 bridgehead atoms. The number of methoxy groups -OCH3 is 1. The van der Waals surface area contributed by atoms with Crippen LogP contribution in [0.5, 0.6) is 0 Å². The van der Waals surface area contributed by atoms with Gasteiger partial charge in [0, 0.05) is 5.56 Å². The van der Waals surface area contributed by atoms with Crippen molar-refractivity contribution in [1.82, 2.24) is 9.55 Å². The molecule has 140 valence electrons. The molecule has 1 atom stereocenters. The van der Waals surface area contributed by atoms with E-state index in [0.29, 0.717) is 32.6 Å². The zero-order chi connectivity index (χ0) is 19.6. The molecule has 3 rings (SSSR count). The quantitative estimate of drug-likeness (QED) is 0.388. The zero-order valence-corrected chi connectivity index (χ0v) is 17.2. The number of carbonyl (C=O) groups excluding carboxylic acids is 1. The number of aromatic nitrogens is 2. The number of esters is 1. The Morgan fingerprint density at radius 2 is 1.89 bits per heavy atom. The van der Waals surface area contributed by atoms with E-state index in [9.17, 15) is 4.79 Å². The van der Waals surface area contributed by atoms with Crippen molar-refractivity contribution in [2.45, 2.75) is 19.4 Å². The van der Waals surface area contributed by atoms with Crippen molar-refractivity contribution >= 4 is 41.4 Å². The van der Waals surface area contributed by atoms with Crippen LogP contribution in [0.3, 0.4) is 0 Å². The average molecular weight is 421 g/mol. The maximum absolute atomic E-state index is 12.7. The van der Waals surface area contributed by atoms with Crippen LogP contribution in [0.2, 0.25) is 10.0 Å². The molecule has 0 aliphatic rings. The lowest BCUT2D eigenvalue weighted by Gasteiger charge is -2.20. The number of rotatable bonds is 5. The maximum Gasteiger partial charge on any atom is 0.356 e. The molecule has 0 spiro atoms. The van der Waals surface area contributed by atoms with Crippen LogP contribution in [0.15, 0.2) is 48.5 Å². The van der Waals surface area contributed by atoms with Crippen LogP contribution in [0.1, 0.15) is 35.4 Å². The average Bonchev–Trinajstić information content (AvgIpc) is 3.02. The molecule has 0 amide bonds. The van der Waals surface area contributed by atoms with Gasteiger partial charge >= 0.3 is 5.97 Å². The van der Waals surface area contributed by atoms with E-state index >= 15 is 0 Å². The number of carbonyl (C=O) groups is 1. The molecule has 0 fully saturated rings. The highest BCUT2D eigenvalue weighted by Gasteiger charge is 2.26. The van der Waals surface area contributed by atoms with Gasteiger partial charge in [0.2, 0.25) is 0 Å². The maximum atomic E-state index is 12.7. The number of ether oxygens (including phenoxy) is 1. The van der Waals surface area contributed by atoms with Gasteiger partial charge in [-0.05, 0) is 36.3 Å². The van der Waals surface area contributed by atoms with E-state index in [-0.39, 0.29) is 6.04 Å². The molecule has 4 nitrogen and oxygen atoms in total. The number of nitrogens with zero attached hydrogens (tertiary/aromatic N) is 1. The highest BCUT2D eigenvalue weighted by atomic mass is 35.5. The first-order valence-corrected chi connectivity index (χ1v) is 9.57. The standard InChI is InChI=1S/C20H18Cl2N2O2S/c1-3-16(13-9-10-14(21)15(22)11-13)24-18(19(25)26-2)17(23-20(24)27)12-7-5-4-6-8-12/h4-11,16H,3H2,1-2H3,(H,23,27). The molecule has 7 heteroatoms. The fraction of sp³-hybridized carbons (Fsp3) is 0.200. The van der Waals surface area contributed by atoms with E-state index in [0.717, 1.165) is 11.1 Å². The van der Waals surface area contributed by atoms with Gasteiger partial charge in [0.05, 0.1) is 28.9 Å². The zero-order valence-electron chi connectivity index (χ0n) is 14.8. The number of benzene rings is 2. The van der Waals surface area contributed by atoms with Crippen LogP contribution in [-0.2, 0) is 4.74 Å². The fourth-order valence-electron chi connectivity index (χ4n) is 3.14. The highest BCUT2D eigenvalue weighted by molar-refractivity contribution is 7.71. The first kappa shape index (κ1) is 19.7. The van der Waals surface area contributed by atoms with Crippen molar-refractivity contribution in [3.05, 3.63) is 74.6 Å². The smallest absolute Gasteiger partial charge is 0.356 e. The fourth-order valence-corrected chi connectivity index (χ4v) is 3.77. The molecule has 1 heterocycles. The predicted molar refractivity (Wildman–Crippen MR) is 111 cm³/mol. The number of nitrogens with one attached hydrogen (secondary N) is 1. The Balaban J connectivity index is 2.24. The minimum absolute atomic E-state index is 0.199. The van der Waals surface area contributed by atoms with Crippen molar-refractivity contribution in [2.75, 3.05) is 7.11 Å². The lowest BCUT2D eigenvalue weighted by Crippen LogP contribution is -2.18. The van der Waals surface area contributed by atoms with Crippen molar-refractivity contribution in [3.63, 3.8) is 0 Å². The molecule has 3 aromatic rings. The Bertz CT molecular complexity index is 1030. The summed E-state index contributed by atoms with van der Waals surface area (Å²) < 4.78 is 7.28. The number of hydrogen-bond acceptors (Lipinski definition) is 3. The van der Waals surface area contributed by atoms with Crippen LogP contribution >= 0.6 is 35.4 Å². The second-order valence-corrected chi connectivity index (χ2v) is 7.18. The van der Waals surface area contributed by atoms with Gasteiger partial charge in [0.25, 0.3) is 0 Å². The third-order valence-electron chi connectivity index (χ3n) is 4.40. The van der Waals surface area contributed by atoms with Crippen LogP contribution in [0.4, 0.5) is 0 Å². The van der Waals surface area contributed by atoms with Gasteiger partial charge in [0.1, 0.15) is 0 Å². The normalized spacial score (nSPS) is 12.0. The topological polar surface area (TPSA) is 47.0 Å². The van der Waals surface area contributed by atoms with Gasteiger partial charge in [-0.3, -0.25) is 0 Å². The highest BCUT2D eigenvalue weighted by Crippen LogP contribution is 2.33. The van der Waals surface area contributed by atoms with E-state index in [1.165, 1.54) is 7.11 Å². The van der Waals surface area contributed by atoms with Crippen LogP contribution in [0, 0.1) is 4.77 Å². The first-order valence-electron chi connectivity index (χ1n) is 8.41. The second kappa shape index (κ2) is 8.30. The Morgan fingerprint density at radius 1 is 1.19 bits per heavy atom. The molecule has 0 saturated carbocycles. The summed E-state index contributed by atoms with van der Waals surface area (Å²) in [4.78, 5) is 15.8. The summed E-state index contributed by atoms with van der Waals surface area (Å²) in [5.41, 5.74) is 2.77. The molecule has 0 aliphatic heterocycles. The van der Waals surface area contributed by atoms with E-state index in [2.05, 4.69) is 4.98 Å². The first-order chi connectivity index (χ1) is 13.0. The van der Waals surface area contributed by atoms with Gasteiger partial charge in [-0.15, -0.1) is 0 Å². The predicted octanol–water partition coefficient (Wildman–Crippen LogP) is 6.31. The number of H-pyrrole nitrogens is 1. The molecular formula is C20H18Cl2N2O2S. The number of halogens is 2. The summed E-state index contributed by atoms with van der Waals surface area (Å²) in [7, 11) is 1.36. The Kier molecular flexibility index (Phi) is 6.05. The largest absolute Gasteiger partial charge is 0.464 e. The van der Waals surface area contributed by atoms with E-state index in [1.54, 1.807) is 16.7 Å². The molecule has 1 unspecified atom stereocenters. The van der Waals surface area contributed by atoms with Crippen molar-refractivity contribution in [1.29, 1.82) is 0 Å². The monoisotopic (exact) mass is 420 g/mol. The van der Waals surface area contributed by atoms with Crippen LogP contribution in [-0.4, -0.2) is 22.6 Å².